The average molecular weight is 844 g/mol. The number of nitrogens with zero attached hydrogens (tertiary/aromatic N) is 1. The highest BCUT2D eigenvalue weighted by atomic mass is 16.6. The molecule has 348 valence electrons. The fraction of sp³-hybridized carbons (Fsp3) is 0.915. The fourth-order valence-electron chi connectivity index (χ4n) is 6.96. The van der Waals surface area contributed by atoms with E-state index in [9.17, 15) is 19.2 Å². The van der Waals surface area contributed by atoms with Crippen LogP contribution in [0.5, 0.6) is 0 Å². The summed E-state index contributed by atoms with van der Waals surface area (Å²) in [5.41, 5.74) is 0. The summed E-state index contributed by atoms with van der Waals surface area (Å²) < 4.78 is 38.1. The van der Waals surface area contributed by atoms with Crippen LogP contribution in [-0.4, -0.2) is 115 Å². The molecule has 0 aromatic heterocycles. The van der Waals surface area contributed by atoms with Crippen LogP contribution in [0, 0.1) is 11.8 Å². The van der Waals surface area contributed by atoms with E-state index >= 15 is 0 Å². The number of hydrogen-bond acceptors (Lipinski definition) is 12. The Bertz CT molecular complexity index is 907. The highest BCUT2D eigenvalue weighted by molar-refractivity contribution is 5.73. The van der Waals surface area contributed by atoms with Gasteiger partial charge in [0.1, 0.15) is 26.4 Å². The molecule has 12 nitrogen and oxygen atoms in total. The monoisotopic (exact) mass is 844 g/mol. The van der Waals surface area contributed by atoms with Gasteiger partial charge in [-0.15, -0.1) is 0 Å². The van der Waals surface area contributed by atoms with E-state index in [1.54, 1.807) is 0 Å². The molecule has 59 heavy (non-hydrogen) atoms. The maximum absolute atomic E-state index is 12.2. The van der Waals surface area contributed by atoms with E-state index in [0.717, 1.165) is 32.2 Å². The standard InChI is InChI=1S/C47H89NO11/c1-7-11-15-23-41(24-16-12-8-2)29-35-58-46(51)39-53-37-44(49)56-33-21-27-43(55-32-20-19-31-48(5)6)28-22-34-57-45(50)38-54-40-47(52)59-36-30-42(25-17-13-9-3)26-18-14-10-4/h41-43H,7-40H2,1-6H3. The van der Waals surface area contributed by atoms with Crippen LogP contribution >= 0.6 is 0 Å². The fourth-order valence-corrected chi connectivity index (χ4v) is 6.96. The smallest absolute Gasteiger partial charge is 0.332 e. The number of hydrogen-bond donors (Lipinski definition) is 0. The molecule has 0 amide bonds. The summed E-state index contributed by atoms with van der Waals surface area (Å²) in [6.45, 7) is 10.4. The number of unbranched alkanes of at least 4 members (excludes halogenated alkanes) is 9. The summed E-state index contributed by atoms with van der Waals surface area (Å²) >= 11 is 0. The number of ether oxygens (including phenoxy) is 7. The van der Waals surface area contributed by atoms with Crippen LogP contribution in [0.3, 0.4) is 0 Å². The molecule has 0 aromatic rings. The van der Waals surface area contributed by atoms with Crippen molar-refractivity contribution in [1.29, 1.82) is 0 Å². The Morgan fingerprint density at radius 1 is 0.390 bits per heavy atom. The van der Waals surface area contributed by atoms with Crippen LogP contribution in [0.1, 0.15) is 182 Å². The number of rotatable bonds is 44. The first-order valence-corrected chi connectivity index (χ1v) is 23.7. The largest absolute Gasteiger partial charge is 0.464 e. The molecule has 0 atom stereocenters. The van der Waals surface area contributed by atoms with Gasteiger partial charge in [-0.3, -0.25) is 0 Å². The summed E-state index contributed by atoms with van der Waals surface area (Å²) in [6, 6.07) is 0. The molecule has 0 saturated heterocycles. The normalized spacial score (nSPS) is 11.6. The van der Waals surface area contributed by atoms with Gasteiger partial charge in [0, 0.05) is 6.61 Å². The van der Waals surface area contributed by atoms with E-state index in [1.165, 1.54) is 103 Å². The van der Waals surface area contributed by atoms with Gasteiger partial charge in [-0.05, 0) is 83.8 Å². The van der Waals surface area contributed by atoms with E-state index < -0.39 is 23.9 Å². The van der Waals surface area contributed by atoms with E-state index in [-0.39, 0.29) is 45.7 Å². The Balaban J connectivity index is 4.39. The Morgan fingerprint density at radius 3 is 1.08 bits per heavy atom. The van der Waals surface area contributed by atoms with Crippen LogP contribution in [-0.2, 0) is 52.3 Å². The molecule has 0 N–H and O–H groups in total. The second-order valence-electron chi connectivity index (χ2n) is 16.4. The van der Waals surface area contributed by atoms with Crippen molar-refractivity contribution in [2.75, 3.05) is 80.1 Å². The minimum Gasteiger partial charge on any atom is -0.464 e. The van der Waals surface area contributed by atoms with E-state index in [1.807, 2.05) is 14.1 Å². The lowest BCUT2D eigenvalue weighted by atomic mass is 9.92. The molecule has 0 fully saturated rings. The van der Waals surface area contributed by atoms with Crippen LogP contribution < -0.4 is 0 Å². The summed E-state index contributed by atoms with van der Waals surface area (Å²) in [4.78, 5) is 51.0. The Labute approximate surface area is 360 Å². The molecule has 0 rings (SSSR count). The minimum absolute atomic E-state index is 0.0837. The third kappa shape index (κ3) is 39.6. The van der Waals surface area contributed by atoms with Gasteiger partial charge in [0.05, 0.1) is 32.5 Å². The molecule has 0 aliphatic heterocycles. The van der Waals surface area contributed by atoms with Gasteiger partial charge in [-0.2, -0.15) is 0 Å². The first kappa shape index (κ1) is 56.7. The van der Waals surface area contributed by atoms with Gasteiger partial charge in [0.2, 0.25) is 0 Å². The maximum atomic E-state index is 12.2. The molecule has 0 bridgehead atoms. The quantitative estimate of drug-likeness (QED) is 0.0328. The Hall–Kier alpha value is -2.28. The van der Waals surface area contributed by atoms with Crippen molar-refractivity contribution in [3.05, 3.63) is 0 Å². The number of carbonyl (C=O) groups is 4. The highest BCUT2D eigenvalue weighted by Gasteiger charge is 2.15. The Morgan fingerprint density at radius 2 is 0.746 bits per heavy atom. The Kier molecular flexibility index (Phi) is 40.8. The molecule has 0 spiro atoms. The molecule has 0 heterocycles. The number of carbonyl (C=O) groups excluding carboxylic acids is 4. The minimum atomic E-state index is -0.530. The third-order valence-electron chi connectivity index (χ3n) is 10.5. The molecule has 0 aromatic carbocycles. The van der Waals surface area contributed by atoms with Crippen molar-refractivity contribution in [3.63, 3.8) is 0 Å². The van der Waals surface area contributed by atoms with Crippen molar-refractivity contribution in [2.45, 2.75) is 188 Å². The SMILES string of the molecule is CCCCCC(CCCCC)CCOC(=O)COCC(=O)OCCCC(CCCOC(=O)COCC(=O)OCCC(CCCCC)CCCCC)OCCCCN(C)C. The molecule has 0 unspecified atom stereocenters. The predicted molar refractivity (Wildman–Crippen MR) is 234 cm³/mol. The van der Waals surface area contributed by atoms with Gasteiger partial charge < -0.3 is 38.1 Å². The zero-order chi connectivity index (χ0) is 43.6. The van der Waals surface area contributed by atoms with Crippen LogP contribution in [0.2, 0.25) is 0 Å². The third-order valence-corrected chi connectivity index (χ3v) is 10.5. The molecular weight excluding hydrogens is 755 g/mol. The summed E-state index contributed by atoms with van der Waals surface area (Å²) in [6.07, 6.45) is 25.4. The lowest BCUT2D eigenvalue weighted by Gasteiger charge is -2.18. The van der Waals surface area contributed by atoms with E-state index in [2.05, 4.69) is 32.6 Å². The van der Waals surface area contributed by atoms with Gasteiger partial charge >= 0.3 is 23.9 Å². The molecule has 0 aliphatic rings. The second kappa shape index (κ2) is 42.4. The van der Waals surface area contributed by atoms with Crippen molar-refractivity contribution in [3.8, 4) is 0 Å². The average Bonchev–Trinajstić information content (AvgIpc) is 3.20. The van der Waals surface area contributed by atoms with Crippen molar-refractivity contribution < 1.29 is 52.3 Å². The summed E-state index contributed by atoms with van der Waals surface area (Å²) in [5.74, 6) is -0.842. The maximum Gasteiger partial charge on any atom is 0.332 e. The second-order valence-corrected chi connectivity index (χ2v) is 16.4. The van der Waals surface area contributed by atoms with Gasteiger partial charge in [-0.25, -0.2) is 19.2 Å². The lowest BCUT2D eigenvalue weighted by molar-refractivity contribution is -0.157. The highest BCUT2D eigenvalue weighted by Crippen LogP contribution is 2.22. The van der Waals surface area contributed by atoms with Crippen molar-refractivity contribution in [2.24, 2.45) is 11.8 Å². The van der Waals surface area contributed by atoms with Crippen molar-refractivity contribution in [1.82, 2.24) is 4.90 Å². The summed E-state index contributed by atoms with van der Waals surface area (Å²) in [7, 11) is 4.09. The van der Waals surface area contributed by atoms with Crippen LogP contribution in [0.25, 0.3) is 0 Å². The molecular formula is C47H89NO11. The van der Waals surface area contributed by atoms with Crippen LogP contribution in [0.4, 0.5) is 0 Å². The molecule has 12 heteroatoms. The molecule has 0 aliphatic carbocycles. The predicted octanol–water partition coefficient (Wildman–Crippen LogP) is 9.81. The van der Waals surface area contributed by atoms with Gasteiger partial charge in [0.25, 0.3) is 0 Å². The van der Waals surface area contributed by atoms with Gasteiger partial charge in [0.15, 0.2) is 0 Å². The first-order chi connectivity index (χ1) is 28.6. The molecule has 0 radical (unpaired) electrons. The number of esters is 4. The summed E-state index contributed by atoms with van der Waals surface area (Å²) in [5, 5.41) is 0. The zero-order valence-electron chi connectivity index (χ0n) is 38.7. The lowest BCUT2D eigenvalue weighted by Crippen LogP contribution is -2.21. The topological polar surface area (TPSA) is 136 Å². The van der Waals surface area contributed by atoms with Crippen LogP contribution in [0.15, 0.2) is 0 Å². The zero-order valence-corrected chi connectivity index (χ0v) is 38.7. The molecule has 0 saturated carbocycles. The van der Waals surface area contributed by atoms with E-state index in [4.69, 9.17) is 33.2 Å². The first-order valence-electron chi connectivity index (χ1n) is 23.7. The van der Waals surface area contributed by atoms with Crippen molar-refractivity contribution >= 4 is 23.9 Å². The van der Waals surface area contributed by atoms with Gasteiger partial charge in [-0.1, -0.05) is 130 Å². The van der Waals surface area contributed by atoms with E-state index in [0.29, 0.717) is 57.3 Å².